The molecule has 0 aliphatic rings. The second kappa shape index (κ2) is 37.4. The van der Waals surface area contributed by atoms with E-state index in [0.717, 1.165) is 89.4 Å². The van der Waals surface area contributed by atoms with Crippen LogP contribution in [0.15, 0.2) is 550 Å². The first-order chi connectivity index (χ1) is 67.4. The summed E-state index contributed by atoms with van der Waals surface area (Å²) in [4.78, 5) is 4.71. The molecular formula is C132H90N2OS. The second-order valence-electron chi connectivity index (χ2n) is 34.6. The first-order valence-electron chi connectivity index (χ1n) is 46.5. The van der Waals surface area contributed by atoms with Crippen molar-refractivity contribution in [3.63, 3.8) is 0 Å². The van der Waals surface area contributed by atoms with E-state index in [1.54, 1.807) is 0 Å². The molecule has 0 N–H and O–H groups in total. The van der Waals surface area contributed by atoms with Crippen LogP contribution in [0.25, 0.3) is 198 Å². The van der Waals surface area contributed by atoms with Crippen LogP contribution in [0, 0.1) is 0 Å². The van der Waals surface area contributed by atoms with Crippen molar-refractivity contribution in [1.82, 2.24) is 0 Å². The Morgan fingerprint density at radius 3 is 0.551 bits per heavy atom. The lowest BCUT2D eigenvalue weighted by atomic mass is 9.97. The Bertz CT molecular complexity index is 7620. The number of thiophene rings is 1. The van der Waals surface area contributed by atoms with Crippen molar-refractivity contribution in [2.24, 2.45) is 0 Å². The maximum absolute atomic E-state index is 6.80. The van der Waals surface area contributed by atoms with Crippen LogP contribution < -0.4 is 9.80 Å². The molecule has 3 nitrogen and oxygen atoms in total. The van der Waals surface area contributed by atoms with E-state index >= 15 is 0 Å². The van der Waals surface area contributed by atoms with Gasteiger partial charge in [0.25, 0.3) is 0 Å². The van der Waals surface area contributed by atoms with Gasteiger partial charge in [-0.2, -0.15) is 0 Å². The van der Waals surface area contributed by atoms with Gasteiger partial charge in [0.15, 0.2) is 0 Å². The number of furan rings is 1. The molecule has 0 atom stereocenters. The molecular weight excluding hydrogens is 1660 g/mol. The van der Waals surface area contributed by atoms with Crippen molar-refractivity contribution in [3.05, 3.63) is 546 Å². The zero-order valence-electron chi connectivity index (χ0n) is 74.7. The molecule has 0 saturated carbocycles. The first kappa shape index (κ1) is 82.8. The Labute approximate surface area is 797 Å². The lowest BCUT2D eigenvalue weighted by Gasteiger charge is -2.26. The van der Waals surface area contributed by atoms with Gasteiger partial charge >= 0.3 is 0 Å². The number of nitrogens with zero attached hydrogens (tertiary/aromatic N) is 2. The van der Waals surface area contributed by atoms with Gasteiger partial charge in [-0.15, -0.1) is 11.3 Å². The number of rotatable bonds is 20. The van der Waals surface area contributed by atoms with Crippen molar-refractivity contribution in [2.45, 2.75) is 0 Å². The topological polar surface area (TPSA) is 19.6 Å². The fourth-order valence-electron chi connectivity index (χ4n) is 19.3. The predicted molar refractivity (Wildman–Crippen MR) is 579 cm³/mol. The van der Waals surface area contributed by atoms with Crippen molar-refractivity contribution in [3.8, 4) is 156 Å². The number of hydrogen-bond acceptors (Lipinski definition) is 4. The molecule has 0 bridgehead atoms. The van der Waals surface area contributed by atoms with E-state index in [9.17, 15) is 0 Å². The second-order valence-corrected chi connectivity index (χ2v) is 35.6. The zero-order valence-corrected chi connectivity index (χ0v) is 75.5. The van der Waals surface area contributed by atoms with E-state index in [1.165, 1.54) is 143 Å². The van der Waals surface area contributed by atoms with Gasteiger partial charge in [-0.05, 0) is 254 Å². The van der Waals surface area contributed by atoms with E-state index in [1.807, 2.05) is 11.3 Å². The van der Waals surface area contributed by atoms with Crippen molar-refractivity contribution in [1.29, 1.82) is 0 Å². The highest BCUT2D eigenvalue weighted by Gasteiger charge is 2.22. The number of benzene rings is 22. The van der Waals surface area contributed by atoms with Crippen LogP contribution in [0.5, 0.6) is 0 Å². The maximum atomic E-state index is 6.80. The molecule has 0 aliphatic carbocycles. The third kappa shape index (κ3) is 17.0. The number of anilines is 6. The molecule has 0 unspecified atom stereocenters. The Morgan fingerprint density at radius 2 is 0.294 bits per heavy atom. The van der Waals surface area contributed by atoms with Crippen molar-refractivity contribution >= 4 is 87.6 Å². The summed E-state index contributed by atoms with van der Waals surface area (Å²) in [6.07, 6.45) is 0. The molecule has 2 aromatic heterocycles. The van der Waals surface area contributed by atoms with Crippen LogP contribution >= 0.6 is 11.3 Å². The van der Waals surface area contributed by atoms with Crippen LogP contribution in [-0.2, 0) is 0 Å². The molecule has 0 saturated heterocycles. The lowest BCUT2D eigenvalue weighted by molar-refractivity contribution is 0.671. The van der Waals surface area contributed by atoms with E-state index in [2.05, 4.69) is 556 Å². The van der Waals surface area contributed by atoms with Gasteiger partial charge in [0.2, 0.25) is 0 Å². The van der Waals surface area contributed by atoms with Crippen LogP contribution in [-0.4, -0.2) is 0 Å². The summed E-state index contributed by atoms with van der Waals surface area (Å²) in [6.45, 7) is 0. The number of fused-ring (bicyclic) bond motifs is 6. The van der Waals surface area contributed by atoms with Crippen molar-refractivity contribution in [2.75, 3.05) is 9.80 Å². The number of hydrogen-bond donors (Lipinski definition) is 0. The highest BCUT2D eigenvalue weighted by molar-refractivity contribution is 7.26. The Morgan fingerprint density at radius 1 is 0.125 bits per heavy atom. The molecule has 136 heavy (non-hydrogen) atoms. The Kier molecular flexibility index (Phi) is 22.8. The average molecular weight is 1750 g/mol. The smallest absolute Gasteiger partial charge is 0.143 e. The largest absolute Gasteiger partial charge is 0.455 e. The summed E-state index contributed by atoms with van der Waals surface area (Å²) < 4.78 is 9.45. The average Bonchev–Trinajstić information content (AvgIpc) is 1.62. The lowest BCUT2D eigenvalue weighted by Crippen LogP contribution is -2.09. The molecule has 0 spiro atoms. The van der Waals surface area contributed by atoms with E-state index in [4.69, 9.17) is 4.42 Å². The monoisotopic (exact) mass is 1750 g/mol. The van der Waals surface area contributed by atoms with E-state index in [-0.39, 0.29) is 0 Å². The molecule has 0 amide bonds. The summed E-state index contributed by atoms with van der Waals surface area (Å²) in [5.74, 6) is 0. The molecule has 4 heteroatoms. The minimum Gasteiger partial charge on any atom is -0.455 e. The summed E-state index contributed by atoms with van der Waals surface area (Å²) in [6, 6.07) is 197. The van der Waals surface area contributed by atoms with Crippen LogP contribution in [0.4, 0.5) is 34.1 Å². The molecule has 0 fully saturated rings. The predicted octanol–water partition coefficient (Wildman–Crippen LogP) is 37.9. The van der Waals surface area contributed by atoms with Crippen LogP contribution in [0.3, 0.4) is 0 Å². The summed E-state index contributed by atoms with van der Waals surface area (Å²) in [5.41, 5.74) is 41.6. The number of para-hydroxylation sites is 2. The molecule has 0 radical (unpaired) electrons. The highest BCUT2D eigenvalue weighted by Crippen LogP contribution is 2.48. The zero-order chi connectivity index (χ0) is 90.5. The molecule has 22 aromatic carbocycles. The summed E-state index contributed by atoms with van der Waals surface area (Å²) in [5, 5.41) is 4.85. The van der Waals surface area contributed by atoms with Crippen LogP contribution in [0.2, 0.25) is 0 Å². The van der Waals surface area contributed by atoms with E-state index < -0.39 is 0 Å². The standard InChI is InChI=1S/C66H45NO.C66H45NS/c2*1-4-15-46(16-5-1)52-21-10-23-54(43-52)48-31-37-58(38-32-48)67(59-39-33-49(34-40-59)55-24-11-22-53(44-55)47-17-6-2-7-18-47)60-41-35-50(36-42-60)56-25-12-26-57(45-56)62-28-14-30-64-63-29-13-27-61(65(63)68-66(62)64)51-19-8-3-9-20-51/h2*1-45H. The Hall–Kier alpha value is -17.5. The summed E-state index contributed by atoms with van der Waals surface area (Å²) in [7, 11) is 0. The van der Waals surface area contributed by atoms with Gasteiger partial charge in [0.1, 0.15) is 11.2 Å². The van der Waals surface area contributed by atoms with Gasteiger partial charge in [0.05, 0.1) is 0 Å². The molecule has 24 rings (SSSR count). The van der Waals surface area contributed by atoms with Crippen LogP contribution in [0.1, 0.15) is 0 Å². The third-order valence-corrected chi connectivity index (χ3v) is 27.5. The molecule has 0 aliphatic heterocycles. The van der Waals surface area contributed by atoms with Gasteiger partial charge in [-0.1, -0.05) is 437 Å². The van der Waals surface area contributed by atoms with Crippen molar-refractivity contribution < 1.29 is 4.42 Å². The quantitative estimate of drug-likeness (QED) is 0.0758. The van der Waals surface area contributed by atoms with Gasteiger partial charge < -0.3 is 14.2 Å². The minimum absolute atomic E-state index is 0.902. The fraction of sp³-hybridized carbons (Fsp3) is 0. The highest BCUT2D eigenvalue weighted by atomic mass is 32.1. The van der Waals surface area contributed by atoms with Gasteiger partial charge in [-0.3, -0.25) is 0 Å². The van der Waals surface area contributed by atoms with Gasteiger partial charge in [-0.25, -0.2) is 0 Å². The minimum atomic E-state index is 0.902. The van der Waals surface area contributed by atoms with Gasteiger partial charge in [0, 0.05) is 76.2 Å². The first-order valence-corrected chi connectivity index (χ1v) is 47.3. The third-order valence-electron chi connectivity index (χ3n) is 26.2. The normalized spacial score (nSPS) is 11.2. The molecule has 640 valence electrons. The Balaban J connectivity index is 0.000000153. The molecule has 24 aromatic rings. The molecule has 2 heterocycles. The summed E-state index contributed by atoms with van der Waals surface area (Å²) >= 11 is 1.90. The SMILES string of the molecule is c1ccc(-c2cccc(-c3ccc(N(c4ccc(-c5cccc(-c6ccccc6)c5)cc4)c4ccc(-c5cccc(-c6cccc7c6oc6c(-c8ccccc8)cccc67)c5)cc4)cc3)c2)cc1.c1ccc(-c2cccc(-c3ccc(N(c4ccc(-c5cccc(-c6ccccc6)c5)cc4)c4ccc(-c5cccc(-c6cccc7c6sc6c(-c8ccccc8)cccc67)c5)cc4)cc3)c2)cc1. The van der Waals surface area contributed by atoms with E-state index in [0.29, 0.717) is 0 Å². The maximum Gasteiger partial charge on any atom is 0.143 e. The fourth-order valence-corrected chi connectivity index (χ4v) is 20.6.